The zero-order chi connectivity index (χ0) is 13.7. The van der Waals surface area contributed by atoms with Gasteiger partial charge in [-0.2, -0.15) is 5.10 Å². The number of rotatable bonds is 5. The predicted molar refractivity (Wildman–Crippen MR) is 74.6 cm³/mol. The van der Waals surface area contributed by atoms with Crippen molar-refractivity contribution >= 4 is 11.6 Å². The van der Waals surface area contributed by atoms with E-state index in [0.29, 0.717) is 12.1 Å². The number of aryl methyl sites for hydroxylation is 2. The highest BCUT2D eigenvalue weighted by Gasteiger charge is 2.14. The highest BCUT2D eigenvalue weighted by Crippen LogP contribution is 2.07. The summed E-state index contributed by atoms with van der Waals surface area (Å²) in [5, 5.41) is 6.74. The standard InChI is InChI=1S/C14H18N4O/c1-18-10-12(9-16-18)17-14(19)13(15)8-7-11-5-3-2-4-6-11/h2-6,9-10,13H,7-8,15H2,1H3,(H,17,19). The molecule has 1 unspecified atom stereocenters. The molecule has 5 heteroatoms. The average molecular weight is 258 g/mol. The van der Waals surface area contributed by atoms with E-state index in [0.717, 1.165) is 6.42 Å². The van der Waals surface area contributed by atoms with E-state index in [9.17, 15) is 4.79 Å². The first-order valence-electron chi connectivity index (χ1n) is 6.24. The number of hydrogen-bond acceptors (Lipinski definition) is 3. The summed E-state index contributed by atoms with van der Waals surface area (Å²) in [5.74, 6) is -0.177. The first-order chi connectivity index (χ1) is 9.15. The summed E-state index contributed by atoms with van der Waals surface area (Å²) in [5.41, 5.74) is 7.74. The molecule has 0 aliphatic heterocycles. The van der Waals surface area contributed by atoms with Gasteiger partial charge in [0.1, 0.15) is 0 Å². The van der Waals surface area contributed by atoms with E-state index >= 15 is 0 Å². The van der Waals surface area contributed by atoms with Crippen molar-refractivity contribution in [2.24, 2.45) is 12.8 Å². The smallest absolute Gasteiger partial charge is 0.241 e. The molecule has 2 rings (SSSR count). The number of carbonyl (C=O) groups excluding carboxylic acids is 1. The van der Waals surface area contributed by atoms with Gasteiger partial charge < -0.3 is 11.1 Å². The molecule has 3 N–H and O–H groups in total. The molecule has 0 aliphatic rings. The quantitative estimate of drug-likeness (QED) is 0.849. The van der Waals surface area contributed by atoms with Crippen molar-refractivity contribution in [2.45, 2.75) is 18.9 Å². The normalized spacial score (nSPS) is 12.1. The Morgan fingerprint density at radius 1 is 1.42 bits per heavy atom. The van der Waals surface area contributed by atoms with Gasteiger partial charge >= 0.3 is 0 Å². The maximum atomic E-state index is 11.9. The van der Waals surface area contributed by atoms with Crippen LogP contribution in [0.1, 0.15) is 12.0 Å². The van der Waals surface area contributed by atoms with Crippen molar-refractivity contribution in [3.05, 3.63) is 48.3 Å². The third-order valence-electron chi connectivity index (χ3n) is 2.90. The second kappa shape index (κ2) is 6.15. The number of nitrogens with two attached hydrogens (primary N) is 1. The summed E-state index contributed by atoms with van der Waals surface area (Å²) in [6.45, 7) is 0. The second-order valence-corrected chi connectivity index (χ2v) is 4.52. The monoisotopic (exact) mass is 258 g/mol. The molecule has 0 bridgehead atoms. The van der Waals surface area contributed by atoms with Gasteiger partial charge in [0, 0.05) is 13.2 Å². The summed E-state index contributed by atoms with van der Waals surface area (Å²) in [6.07, 6.45) is 4.75. The summed E-state index contributed by atoms with van der Waals surface area (Å²) in [7, 11) is 1.80. The number of hydrogen-bond donors (Lipinski definition) is 2. The van der Waals surface area contributed by atoms with Crippen LogP contribution < -0.4 is 11.1 Å². The van der Waals surface area contributed by atoms with Crippen molar-refractivity contribution in [3.63, 3.8) is 0 Å². The first-order valence-corrected chi connectivity index (χ1v) is 6.24. The molecule has 0 fully saturated rings. The van der Waals surface area contributed by atoms with Gasteiger partial charge in [-0.1, -0.05) is 30.3 Å². The Kier molecular flexibility index (Phi) is 4.30. The molecule has 1 aromatic carbocycles. The van der Waals surface area contributed by atoms with E-state index in [2.05, 4.69) is 10.4 Å². The van der Waals surface area contributed by atoms with Gasteiger partial charge in [0.05, 0.1) is 17.9 Å². The Balaban J connectivity index is 1.82. The highest BCUT2D eigenvalue weighted by atomic mass is 16.2. The number of benzene rings is 1. The molecular formula is C14H18N4O. The van der Waals surface area contributed by atoms with Crippen LogP contribution >= 0.6 is 0 Å². The fraction of sp³-hybridized carbons (Fsp3) is 0.286. The average Bonchev–Trinajstić information content (AvgIpc) is 2.82. The number of amides is 1. The van der Waals surface area contributed by atoms with E-state index in [1.54, 1.807) is 24.1 Å². The molecule has 100 valence electrons. The maximum Gasteiger partial charge on any atom is 0.241 e. The lowest BCUT2D eigenvalue weighted by Crippen LogP contribution is -2.35. The number of nitrogens with one attached hydrogen (secondary N) is 1. The molecule has 0 saturated carbocycles. The van der Waals surface area contributed by atoms with E-state index in [-0.39, 0.29) is 5.91 Å². The molecule has 19 heavy (non-hydrogen) atoms. The van der Waals surface area contributed by atoms with Crippen LogP contribution in [-0.2, 0) is 18.3 Å². The van der Waals surface area contributed by atoms with Crippen LogP contribution in [0.5, 0.6) is 0 Å². The van der Waals surface area contributed by atoms with Crippen molar-refractivity contribution in [2.75, 3.05) is 5.32 Å². The van der Waals surface area contributed by atoms with Crippen LogP contribution in [0, 0.1) is 0 Å². The van der Waals surface area contributed by atoms with Crippen molar-refractivity contribution < 1.29 is 4.79 Å². The van der Waals surface area contributed by atoms with Crippen molar-refractivity contribution in [3.8, 4) is 0 Å². The lowest BCUT2D eigenvalue weighted by Gasteiger charge is -2.11. The van der Waals surface area contributed by atoms with Gasteiger partial charge in [0.2, 0.25) is 5.91 Å². The zero-order valence-corrected chi connectivity index (χ0v) is 10.9. The first kappa shape index (κ1) is 13.3. The molecule has 5 nitrogen and oxygen atoms in total. The Hall–Kier alpha value is -2.14. The fourth-order valence-electron chi connectivity index (χ4n) is 1.82. The molecule has 0 spiro atoms. The number of anilines is 1. The molecular weight excluding hydrogens is 240 g/mol. The van der Waals surface area contributed by atoms with Crippen LogP contribution in [0.3, 0.4) is 0 Å². The summed E-state index contributed by atoms with van der Waals surface area (Å²) < 4.78 is 1.63. The Bertz CT molecular complexity index is 535. The largest absolute Gasteiger partial charge is 0.322 e. The fourth-order valence-corrected chi connectivity index (χ4v) is 1.82. The highest BCUT2D eigenvalue weighted by molar-refractivity contribution is 5.94. The van der Waals surface area contributed by atoms with Crippen molar-refractivity contribution in [1.29, 1.82) is 0 Å². The second-order valence-electron chi connectivity index (χ2n) is 4.52. The summed E-state index contributed by atoms with van der Waals surface area (Å²) in [4.78, 5) is 11.9. The lowest BCUT2D eigenvalue weighted by atomic mass is 10.1. The molecule has 1 atom stereocenters. The molecule has 1 heterocycles. The van der Waals surface area contributed by atoms with Gasteiger partial charge in [0.15, 0.2) is 0 Å². The summed E-state index contributed by atoms with van der Waals surface area (Å²) >= 11 is 0. The third-order valence-corrected chi connectivity index (χ3v) is 2.90. The Morgan fingerprint density at radius 2 is 2.16 bits per heavy atom. The van der Waals surface area contributed by atoms with Gasteiger partial charge in [-0.3, -0.25) is 9.48 Å². The Morgan fingerprint density at radius 3 is 2.79 bits per heavy atom. The third kappa shape index (κ3) is 3.93. The lowest BCUT2D eigenvalue weighted by molar-refractivity contribution is -0.117. The molecule has 0 radical (unpaired) electrons. The van der Waals surface area contributed by atoms with Gasteiger partial charge in [-0.15, -0.1) is 0 Å². The zero-order valence-electron chi connectivity index (χ0n) is 10.9. The molecule has 0 saturated heterocycles. The molecule has 0 aliphatic carbocycles. The Labute approximate surface area is 112 Å². The van der Waals surface area contributed by atoms with E-state index < -0.39 is 6.04 Å². The number of aromatic nitrogens is 2. The van der Waals surface area contributed by atoms with E-state index in [1.807, 2.05) is 30.3 Å². The van der Waals surface area contributed by atoms with E-state index in [4.69, 9.17) is 5.73 Å². The van der Waals surface area contributed by atoms with Crippen LogP contribution in [0.15, 0.2) is 42.7 Å². The molecule has 1 aromatic heterocycles. The minimum atomic E-state index is -0.514. The minimum absolute atomic E-state index is 0.177. The number of carbonyl (C=O) groups is 1. The maximum absolute atomic E-state index is 11.9. The minimum Gasteiger partial charge on any atom is -0.322 e. The van der Waals surface area contributed by atoms with Gasteiger partial charge in [0.25, 0.3) is 0 Å². The van der Waals surface area contributed by atoms with Crippen LogP contribution in [0.25, 0.3) is 0 Å². The molecule has 1 amide bonds. The molecule has 2 aromatic rings. The SMILES string of the molecule is Cn1cc(NC(=O)C(N)CCc2ccccc2)cn1. The van der Waals surface area contributed by atoms with Crippen molar-refractivity contribution in [1.82, 2.24) is 9.78 Å². The summed E-state index contributed by atoms with van der Waals surface area (Å²) in [6, 6.07) is 9.49. The van der Waals surface area contributed by atoms with Crippen LogP contribution in [0.2, 0.25) is 0 Å². The van der Waals surface area contributed by atoms with Gasteiger partial charge in [-0.25, -0.2) is 0 Å². The van der Waals surface area contributed by atoms with Crippen LogP contribution in [0.4, 0.5) is 5.69 Å². The van der Waals surface area contributed by atoms with Gasteiger partial charge in [-0.05, 0) is 18.4 Å². The number of nitrogens with zero attached hydrogens (tertiary/aromatic N) is 2. The van der Waals surface area contributed by atoms with E-state index in [1.165, 1.54) is 5.56 Å². The van der Waals surface area contributed by atoms with Crippen LogP contribution in [-0.4, -0.2) is 21.7 Å². The predicted octanol–water partition coefficient (Wildman–Crippen LogP) is 1.32. The topological polar surface area (TPSA) is 72.9 Å².